The van der Waals surface area contributed by atoms with E-state index >= 15 is 0 Å². The van der Waals surface area contributed by atoms with E-state index in [2.05, 4.69) is 21.7 Å². The fraction of sp³-hybridized carbons (Fsp3) is 0.474. The molecular weight excluding hydrogens is 302 g/mol. The van der Waals surface area contributed by atoms with Gasteiger partial charge < -0.3 is 15.6 Å². The molecule has 5 heteroatoms. The first-order valence-corrected chi connectivity index (χ1v) is 8.71. The second kappa shape index (κ2) is 6.67. The van der Waals surface area contributed by atoms with Gasteiger partial charge in [-0.3, -0.25) is 9.59 Å². The Hall–Kier alpha value is -2.30. The molecule has 1 atom stereocenters. The number of nitrogens with one attached hydrogen (secondary N) is 3. The van der Waals surface area contributed by atoms with Crippen molar-refractivity contribution in [2.45, 2.75) is 45.6 Å². The lowest BCUT2D eigenvalue weighted by Gasteiger charge is -2.18. The summed E-state index contributed by atoms with van der Waals surface area (Å²) in [5, 5.41) is 7.07. The van der Waals surface area contributed by atoms with E-state index in [9.17, 15) is 9.59 Å². The maximum Gasteiger partial charge on any atom is 0.235 e. The second-order valence-electron chi connectivity index (χ2n) is 6.73. The first-order chi connectivity index (χ1) is 11.6. The average Bonchev–Trinajstić information content (AvgIpc) is 3.31. The Morgan fingerprint density at radius 2 is 2.00 bits per heavy atom. The average molecular weight is 327 g/mol. The molecule has 0 bridgehead atoms. The number of H-pyrrole nitrogens is 1. The number of aromatic nitrogens is 1. The summed E-state index contributed by atoms with van der Waals surface area (Å²) in [4.78, 5) is 28.0. The number of aromatic amines is 1. The molecule has 2 amide bonds. The third-order valence-corrected chi connectivity index (χ3v) is 4.96. The number of rotatable bonds is 7. The SMILES string of the molecule is CCC(C)NC(=O)C1(C(=O)NCCc2c[nH]c3ccccc23)CC1. The molecule has 1 fully saturated rings. The summed E-state index contributed by atoms with van der Waals surface area (Å²) in [5.41, 5.74) is 1.45. The van der Waals surface area contributed by atoms with Crippen LogP contribution in [0.25, 0.3) is 10.9 Å². The van der Waals surface area contributed by atoms with E-state index in [1.807, 2.05) is 38.2 Å². The van der Waals surface area contributed by atoms with Crippen molar-refractivity contribution in [3.63, 3.8) is 0 Å². The van der Waals surface area contributed by atoms with Gasteiger partial charge >= 0.3 is 0 Å². The zero-order valence-corrected chi connectivity index (χ0v) is 14.3. The number of para-hydroxylation sites is 1. The molecular formula is C19H25N3O2. The van der Waals surface area contributed by atoms with Crippen LogP contribution in [0.1, 0.15) is 38.7 Å². The molecule has 0 spiro atoms. The van der Waals surface area contributed by atoms with Crippen LogP contribution in [0.2, 0.25) is 0 Å². The summed E-state index contributed by atoms with van der Waals surface area (Å²) in [6.07, 6.45) is 4.89. The van der Waals surface area contributed by atoms with Gasteiger partial charge in [0.2, 0.25) is 11.8 Å². The lowest BCUT2D eigenvalue weighted by molar-refractivity contribution is -0.137. The minimum atomic E-state index is -0.830. The molecule has 1 unspecified atom stereocenters. The predicted molar refractivity (Wildman–Crippen MR) is 94.6 cm³/mol. The standard InChI is InChI=1S/C19H25N3O2/c1-3-13(2)22-18(24)19(9-10-19)17(23)20-11-8-14-12-21-16-7-5-4-6-15(14)16/h4-7,12-13,21H,3,8-11H2,1-2H3,(H,20,23)(H,22,24). The minimum Gasteiger partial charge on any atom is -0.361 e. The van der Waals surface area contributed by atoms with Gasteiger partial charge in [-0.15, -0.1) is 0 Å². The Kier molecular flexibility index (Phi) is 4.60. The molecule has 24 heavy (non-hydrogen) atoms. The number of hydrogen-bond acceptors (Lipinski definition) is 2. The molecule has 1 aromatic heterocycles. The number of carbonyl (C=O) groups is 2. The highest BCUT2D eigenvalue weighted by Gasteiger charge is 2.56. The van der Waals surface area contributed by atoms with Gasteiger partial charge in [-0.05, 0) is 44.2 Å². The first-order valence-electron chi connectivity index (χ1n) is 8.71. The maximum absolute atomic E-state index is 12.5. The Balaban J connectivity index is 1.55. The summed E-state index contributed by atoms with van der Waals surface area (Å²) in [5.74, 6) is -0.260. The van der Waals surface area contributed by atoms with Gasteiger partial charge in [-0.2, -0.15) is 0 Å². The van der Waals surface area contributed by atoms with Crippen LogP contribution in [-0.4, -0.2) is 29.4 Å². The molecule has 1 heterocycles. The molecule has 0 saturated heterocycles. The number of hydrogen-bond donors (Lipinski definition) is 3. The normalized spacial score (nSPS) is 16.6. The molecule has 1 aromatic carbocycles. The van der Waals surface area contributed by atoms with E-state index in [0.29, 0.717) is 19.4 Å². The summed E-state index contributed by atoms with van der Waals surface area (Å²) in [6.45, 7) is 4.52. The fourth-order valence-electron chi connectivity index (χ4n) is 2.96. The summed E-state index contributed by atoms with van der Waals surface area (Å²) < 4.78 is 0. The Bertz CT molecular complexity index is 746. The van der Waals surface area contributed by atoms with Gasteiger partial charge in [-0.25, -0.2) is 0 Å². The zero-order valence-electron chi connectivity index (χ0n) is 14.3. The van der Waals surface area contributed by atoms with Crippen LogP contribution in [-0.2, 0) is 16.0 Å². The first kappa shape index (κ1) is 16.6. The van der Waals surface area contributed by atoms with Crippen LogP contribution < -0.4 is 10.6 Å². The van der Waals surface area contributed by atoms with Crippen LogP contribution >= 0.6 is 0 Å². The topological polar surface area (TPSA) is 74.0 Å². The number of benzene rings is 1. The van der Waals surface area contributed by atoms with Crippen molar-refractivity contribution >= 4 is 22.7 Å². The fourth-order valence-corrected chi connectivity index (χ4v) is 2.96. The molecule has 2 aromatic rings. The van der Waals surface area contributed by atoms with Crippen molar-refractivity contribution in [1.82, 2.24) is 15.6 Å². The molecule has 0 aliphatic heterocycles. The lowest BCUT2D eigenvalue weighted by atomic mass is 10.0. The molecule has 1 aliphatic rings. The second-order valence-corrected chi connectivity index (χ2v) is 6.73. The molecule has 1 saturated carbocycles. The van der Waals surface area contributed by atoms with Crippen LogP contribution in [0.5, 0.6) is 0 Å². The predicted octanol–water partition coefficient (Wildman–Crippen LogP) is 2.52. The van der Waals surface area contributed by atoms with E-state index in [0.717, 1.165) is 18.4 Å². The largest absolute Gasteiger partial charge is 0.361 e. The van der Waals surface area contributed by atoms with Crippen molar-refractivity contribution in [1.29, 1.82) is 0 Å². The third-order valence-electron chi connectivity index (χ3n) is 4.96. The highest BCUT2D eigenvalue weighted by molar-refractivity contribution is 6.07. The van der Waals surface area contributed by atoms with Gasteiger partial charge in [0.05, 0.1) is 0 Å². The minimum absolute atomic E-state index is 0.106. The summed E-state index contributed by atoms with van der Waals surface area (Å²) >= 11 is 0. The van der Waals surface area contributed by atoms with Crippen molar-refractivity contribution in [3.8, 4) is 0 Å². The number of fused-ring (bicyclic) bond motifs is 1. The van der Waals surface area contributed by atoms with Crippen molar-refractivity contribution in [3.05, 3.63) is 36.0 Å². The van der Waals surface area contributed by atoms with Crippen LogP contribution in [0.4, 0.5) is 0 Å². The highest BCUT2D eigenvalue weighted by atomic mass is 16.2. The summed E-state index contributed by atoms with van der Waals surface area (Å²) in [7, 11) is 0. The molecule has 3 N–H and O–H groups in total. The maximum atomic E-state index is 12.5. The summed E-state index contributed by atoms with van der Waals surface area (Å²) in [6, 6.07) is 8.23. The van der Waals surface area contributed by atoms with Crippen LogP contribution in [0, 0.1) is 5.41 Å². The number of amides is 2. The van der Waals surface area contributed by atoms with Crippen molar-refractivity contribution in [2.24, 2.45) is 5.41 Å². The Morgan fingerprint density at radius 1 is 1.25 bits per heavy atom. The van der Waals surface area contributed by atoms with Crippen LogP contribution in [0.3, 0.4) is 0 Å². The molecule has 5 nitrogen and oxygen atoms in total. The van der Waals surface area contributed by atoms with Crippen LogP contribution in [0.15, 0.2) is 30.5 Å². The van der Waals surface area contributed by atoms with Gasteiger partial charge in [0.1, 0.15) is 5.41 Å². The van der Waals surface area contributed by atoms with E-state index in [1.165, 1.54) is 10.9 Å². The number of carbonyl (C=O) groups excluding carboxylic acids is 2. The highest BCUT2D eigenvalue weighted by Crippen LogP contribution is 2.46. The van der Waals surface area contributed by atoms with E-state index in [4.69, 9.17) is 0 Å². The quantitative estimate of drug-likeness (QED) is 0.684. The molecule has 0 radical (unpaired) electrons. The lowest BCUT2D eigenvalue weighted by Crippen LogP contribution is -2.46. The van der Waals surface area contributed by atoms with E-state index in [-0.39, 0.29) is 17.9 Å². The Morgan fingerprint density at radius 3 is 2.71 bits per heavy atom. The van der Waals surface area contributed by atoms with Gasteiger partial charge in [-0.1, -0.05) is 25.1 Å². The van der Waals surface area contributed by atoms with Crippen molar-refractivity contribution in [2.75, 3.05) is 6.54 Å². The molecule has 1 aliphatic carbocycles. The van der Waals surface area contributed by atoms with Crippen molar-refractivity contribution < 1.29 is 9.59 Å². The van der Waals surface area contributed by atoms with Gasteiger partial charge in [0, 0.05) is 29.7 Å². The smallest absolute Gasteiger partial charge is 0.235 e. The monoisotopic (exact) mass is 327 g/mol. The Labute approximate surface area is 142 Å². The molecule has 128 valence electrons. The third kappa shape index (κ3) is 3.16. The van der Waals surface area contributed by atoms with Gasteiger partial charge in [0.25, 0.3) is 0 Å². The molecule has 3 rings (SSSR count). The zero-order chi connectivity index (χ0) is 17.2. The van der Waals surface area contributed by atoms with Gasteiger partial charge in [0.15, 0.2) is 0 Å². The van der Waals surface area contributed by atoms with E-state index in [1.54, 1.807) is 0 Å². The van der Waals surface area contributed by atoms with E-state index < -0.39 is 5.41 Å².